The van der Waals surface area contributed by atoms with Crippen molar-refractivity contribution in [2.45, 2.75) is 155 Å². The van der Waals surface area contributed by atoms with E-state index in [1.165, 1.54) is 44.9 Å². The second kappa shape index (κ2) is 30.5. The Morgan fingerprint density at radius 2 is 1.17 bits per heavy atom. The van der Waals surface area contributed by atoms with E-state index in [1.54, 1.807) is 0 Å². The SMILES string of the molecule is CCCC/C=C/C/C=C/CCCCCCCC(=O)OC[C@@H](COP(=O)([O-])OCC[N+](C)(C)C)OC(=O)CCCCCCCCCCC. The Balaban J connectivity index is 4.45. The average Bonchev–Trinajstić information content (AvgIpc) is 3.01. The molecule has 0 N–H and O–H groups in total. The number of hydrogen-bond donors (Lipinski definition) is 0. The minimum atomic E-state index is -4.61. The van der Waals surface area contributed by atoms with Crippen LogP contribution in [-0.2, 0) is 32.7 Å². The van der Waals surface area contributed by atoms with Crippen molar-refractivity contribution in [3.05, 3.63) is 24.3 Å². The highest BCUT2D eigenvalue weighted by Crippen LogP contribution is 2.38. The predicted octanol–water partition coefficient (Wildman–Crippen LogP) is 8.99. The molecule has 0 amide bonds. The van der Waals surface area contributed by atoms with Gasteiger partial charge in [-0.25, -0.2) is 0 Å². The predicted molar refractivity (Wildman–Crippen MR) is 190 cm³/mol. The van der Waals surface area contributed by atoms with Gasteiger partial charge in [0, 0.05) is 12.8 Å². The molecule has 0 rings (SSSR count). The molecule has 0 aromatic carbocycles. The van der Waals surface area contributed by atoms with Crippen LogP contribution in [0.25, 0.3) is 0 Å². The molecule has 47 heavy (non-hydrogen) atoms. The highest BCUT2D eigenvalue weighted by molar-refractivity contribution is 7.45. The van der Waals surface area contributed by atoms with E-state index in [9.17, 15) is 19.0 Å². The third-order valence-corrected chi connectivity index (χ3v) is 8.69. The number of ether oxygens (including phenoxy) is 2. The van der Waals surface area contributed by atoms with Crippen molar-refractivity contribution in [3.63, 3.8) is 0 Å². The first-order valence-corrected chi connectivity index (χ1v) is 20.0. The number of carbonyl (C=O) groups excluding carboxylic acids is 2. The maximum atomic E-state index is 12.5. The molecule has 0 radical (unpaired) electrons. The van der Waals surface area contributed by atoms with Crippen LogP contribution in [0.2, 0.25) is 0 Å². The largest absolute Gasteiger partial charge is 0.756 e. The molecule has 0 aromatic rings. The second-order valence-electron chi connectivity index (χ2n) is 13.6. The lowest BCUT2D eigenvalue weighted by Crippen LogP contribution is -2.37. The minimum Gasteiger partial charge on any atom is -0.756 e. The van der Waals surface area contributed by atoms with E-state index in [1.807, 2.05) is 21.1 Å². The minimum absolute atomic E-state index is 0.0319. The van der Waals surface area contributed by atoms with E-state index >= 15 is 0 Å². The van der Waals surface area contributed by atoms with Crippen LogP contribution in [0.1, 0.15) is 149 Å². The molecule has 276 valence electrons. The Morgan fingerprint density at radius 1 is 0.660 bits per heavy atom. The standard InChI is InChI=1S/C37H70NO8P/c1-6-8-10-12-14-16-17-18-19-20-22-23-25-27-29-36(39)43-33-35(34-45-47(41,42)44-32-31-38(3,4)5)46-37(40)30-28-26-24-21-15-13-11-9-7-2/h12,14,17-18,35H,6-11,13,15-16,19-34H2,1-5H3/b14-12+,18-17+/t35-/m0/s1. The Hall–Kier alpha value is -1.51. The number of allylic oxidation sites excluding steroid dienone is 4. The fourth-order valence-electron chi connectivity index (χ4n) is 4.73. The monoisotopic (exact) mass is 687 g/mol. The van der Waals surface area contributed by atoms with Crippen LogP contribution < -0.4 is 4.89 Å². The number of likely N-dealkylation sites (N-methyl/N-ethyl adjacent to an activating group) is 1. The van der Waals surface area contributed by atoms with E-state index in [0.717, 1.165) is 64.2 Å². The van der Waals surface area contributed by atoms with Gasteiger partial charge in [0.25, 0.3) is 7.82 Å². The summed E-state index contributed by atoms with van der Waals surface area (Å²) in [5.74, 6) is -0.855. The molecule has 0 aliphatic rings. The molecular formula is C37H70NO8P. The quantitative estimate of drug-likeness (QED) is 0.0221. The Labute approximate surface area is 288 Å². The van der Waals surface area contributed by atoms with Crippen molar-refractivity contribution in [1.29, 1.82) is 0 Å². The van der Waals surface area contributed by atoms with Gasteiger partial charge in [0.2, 0.25) is 0 Å². The van der Waals surface area contributed by atoms with Crippen molar-refractivity contribution < 1.29 is 42.1 Å². The number of nitrogens with zero attached hydrogens (tertiary/aromatic N) is 1. The average molecular weight is 688 g/mol. The summed E-state index contributed by atoms with van der Waals surface area (Å²) in [6, 6.07) is 0. The number of hydrogen-bond acceptors (Lipinski definition) is 8. The maximum absolute atomic E-state index is 12.5. The molecule has 0 heterocycles. The summed E-state index contributed by atoms with van der Waals surface area (Å²) < 4.78 is 33.6. The molecule has 1 unspecified atom stereocenters. The Kier molecular flexibility index (Phi) is 29.6. The van der Waals surface area contributed by atoms with Gasteiger partial charge in [0.05, 0.1) is 27.7 Å². The van der Waals surface area contributed by atoms with Crippen molar-refractivity contribution in [1.82, 2.24) is 0 Å². The van der Waals surface area contributed by atoms with Crippen molar-refractivity contribution >= 4 is 19.8 Å². The van der Waals surface area contributed by atoms with E-state index in [4.69, 9.17) is 18.5 Å². The molecule has 9 nitrogen and oxygen atoms in total. The van der Waals surface area contributed by atoms with Gasteiger partial charge in [-0.3, -0.25) is 14.2 Å². The number of rotatable bonds is 33. The molecule has 0 spiro atoms. The molecule has 0 saturated heterocycles. The molecule has 0 aromatic heterocycles. The molecule has 0 fully saturated rings. The number of esters is 2. The third kappa shape index (κ3) is 34.2. The molecular weight excluding hydrogens is 617 g/mol. The first kappa shape index (κ1) is 45.5. The van der Waals surface area contributed by atoms with Gasteiger partial charge in [-0.05, 0) is 38.5 Å². The van der Waals surface area contributed by atoms with Gasteiger partial charge < -0.3 is 27.9 Å². The van der Waals surface area contributed by atoms with E-state index in [-0.39, 0.29) is 26.1 Å². The zero-order valence-corrected chi connectivity index (χ0v) is 31.6. The fourth-order valence-corrected chi connectivity index (χ4v) is 5.46. The zero-order valence-electron chi connectivity index (χ0n) is 30.7. The number of carbonyl (C=O) groups is 2. The van der Waals surface area contributed by atoms with Gasteiger partial charge in [-0.2, -0.15) is 0 Å². The number of unbranched alkanes of at least 4 members (excludes halogenated alkanes) is 15. The molecule has 0 aliphatic heterocycles. The summed E-state index contributed by atoms with van der Waals surface area (Å²) >= 11 is 0. The summed E-state index contributed by atoms with van der Waals surface area (Å²) in [4.78, 5) is 37.2. The van der Waals surface area contributed by atoms with E-state index in [2.05, 4.69) is 38.2 Å². The fraction of sp³-hybridized carbons (Fsp3) is 0.838. The maximum Gasteiger partial charge on any atom is 0.306 e. The first-order valence-electron chi connectivity index (χ1n) is 18.5. The van der Waals surface area contributed by atoms with E-state index in [0.29, 0.717) is 23.9 Å². The highest BCUT2D eigenvalue weighted by atomic mass is 31.2. The van der Waals surface area contributed by atoms with E-state index < -0.39 is 32.5 Å². The van der Waals surface area contributed by atoms with Gasteiger partial charge in [-0.15, -0.1) is 0 Å². The van der Waals surface area contributed by atoms with Gasteiger partial charge in [-0.1, -0.05) is 122 Å². The summed E-state index contributed by atoms with van der Waals surface area (Å²) in [5, 5.41) is 0. The van der Waals surface area contributed by atoms with Crippen molar-refractivity contribution in [2.24, 2.45) is 0 Å². The van der Waals surface area contributed by atoms with Crippen LogP contribution in [0, 0.1) is 0 Å². The molecule has 0 bridgehead atoms. The van der Waals surface area contributed by atoms with Crippen LogP contribution in [0.3, 0.4) is 0 Å². The number of phosphoric acid groups is 1. The molecule has 2 atom stereocenters. The summed E-state index contributed by atoms with van der Waals surface area (Å²) in [6.45, 7) is 4.12. The lowest BCUT2D eigenvalue weighted by molar-refractivity contribution is -0.870. The van der Waals surface area contributed by atoms with Gasteiger partial charge in [0.1, 0.15) is 19.8 Å². The van der Waals surface area contributed by atoms with Crippen LogP contribution >= 0.6 is 7.82 Å². The Bertz CT molecular complexity index is 871. The topological polar surface area (TPSA) is 111 Å². The highest BCUT2D eigenvalue weighted by Gasteiger charge is 2.21. The summed E-state index contributed by atoms with van der Waals surface area (Å²) in [5.41, 5.74) is 0. The van der Waals surface area contributed by atoms with Crippen molar-refractivity contribution in [3.8, 4) is 0 Å². The smallest absolute Gasteiger partial charge is 0.306 e. The summed E-state index contributed by atoms with van der Waals surface area (Å²) in [6.07, 6.45) is 29.2. The van der Waals surface area contributed by atoms with Gasteiger partial charge >= 0.3 is 11.9 Å². The number of quaternary nitrogens is 1. The Morgan fingerprint density at radius 3 is 1.74 bits per heavy atom. The second-order valence-corrected chi connectivity index (χ2v) is 15.0. The molecule has 10 heteroatoms. The van der Waals surface area contributed by atoms with Crippen LogP contribution in [0.5, 0.6) is 0 Å². The summed E-state index contributed by atoms with van der Waals surface area (Å²) in [7, 11) is 1.16. The zero-order chi connectivity index (χ0) is 35.1. The third-order valence-electron chi connectivity index (χ3n) is 7.72. The van der Waals surface area contributed by atoms with Crippen LogP contribution in [0.4, 0.5) is 0 Å². The van der Waals surface area contributed by atoms with Crippen LogP contribution in [-0.4, -0.2) is 70.0 Å². The van der Waals surface area contributed by atoms with Crippen LogP contribution in [0.15, 0.2) is 24.3 Å². The first-order chi connectivity index (χ1) is 22.5. The van der Waals surface area contributed by atoms with Gasteiger partial charge in [0.15, 0.2) is 6.10 Å². The lowest BCUT2D eigenvalue weighted by atomic mass is 10.1. The lowest BCUT2D eigenvalue weighted by Gasteiger charge is -2.28. The molecule has 0 aliphatic carbocycles. The normalized spacial score (nSPS) is 14.1. The number of phosphoric ester groups is 1. The molecule has 0 saturated carbocycles. The van der Waals surface area contributed by atoms with Crippen molar-refractivity contribution in [2.75, 3.05) is 47.5 Å².